The van der Waals surface area contributed by atoms with Gasteiger partial charge in [0.1, 0.15) is 5.82 Å². The number of rotatable bonds is 3. The van der Waals surface area contributed by atoms with Crippen LogP contribution in [0.3, 0.4) is 0 Å². The van der Waals surface area contributed by atoms with Gasteiger partial charge in [-0.3, -0.25) is 0 Å². The second-order valence-corrected chi connectivity index (χ2v) is 4.65. The number of aryl methyl sites for hydroxylation is 3. The summed E-state index contributed by atoms with van der Waals surface area (Å²) in [6.45, 7) is 6.10. The van der Waals surface area contributed by atoms with Gasteiger partial charge in [0, 0.05) is 17.3 Å². The Balaban J connectivity index is 2.51. The van der Waals surface area contributed by atoms with Gasteiger partial charge in [-0.2, -0.15) is 4.68 Å². The topological polar surface area (TPSA) is 43.6 Å². The first-order chi connectivity index (χ1) is 8.15. The molecule has 0 aliphatic heterocycles. The molecule has 0 aliphatic carbocycles. The molecule has 0 unspecified atom stereocenters. The van der Waals surface area contributed by atoms with E-state index in [1.807, 2.05) is 23.7 Å². The van der Waals surface area contributed by atoms with Gasteiger partial charge < -0.3 is 0 Å². The number of nitrogens with zero attached hydrogens (tertiary/aromatic N) is 4. The van der Waals surface area contributed by atoms with E-state index in [0.29, 0.717) is 0 Å². The molecule has 2 aromatic rings. The Morgan fingerprint density at radius 3 is 2.53 bits per heavy atom. The van der Waals surface area contributed by atoms with Crippen molar-refractivity contribution >= 4 is 15.9 Å². The normalized spacial score (nSPS) is 10.8. The molecule has 0 saturated heterocycles. The maximum Gasteiger partial charge on any atom is 0.155 e. The largest absolute Gasteiger partial charge is 0.233 e. The highest BCUT2D eigenvalue weighted by atomic mass is 79.9. The molecule has 2 aromatic heterocycles. The highest BCUT2D eigenvalue weighted by molar-refractivity contribution is 9.10. The van der Waals surface area contributed by atoms with Crippen molar-refractivity contribution in [1.82, 2.24) is 19.7 Å². The molecule has 0 aliphatic rings. The number of hydrogen-bond donors (Lipinski definition) is 0. The highest BCUT2D eigenvalue weighted by Crippen LogP contribution is 2.16. The average molecular weight is 295 g/mol. The quantitative estimate of drug-likeness (QED) is 0.874. The van der Waals surface area contributed by atoms with Crippen LogP contribution in [-0.4, -0.2) is 19.7 Å². The lowest BCUT2D eigenvalue weighted by Gasteiger charge is -2.05. The van der Waals surface area contributed by atoms with Gasteiger partial charge in [0.2, 0.25) is 0 Å². The Morgan fingerprint density at radius 2 is 1.94 bits per heavy atom. The Bertz CT molecular complexity index is 533. The van der Waals surface area contributed by atoms with E-state index in [1.54, 1.807) is 0 Å². The van der Waals surface area contributed by atoms with Gasteiger partial charge in [-0.05, 0) is 35.0 Å². The molecule has 17 heavy (non-hydrogen) atoms. The summed E-state index contributed by atoms with van der Waals surface area (Å²) >= 11 is 3.45. The molecule has 2 rings (SSSR count). The second-order valence-electron chi connectivity index (χ2n) is 3.80. The predicted molar refractivity (Wildman–Crippen MR) is 70.3 cm³/mol. The first-order valence-corrected chi connectivity index (χ1v) is 6.53. The summed E-state index contributed by atoms with van der Waals surface area (Å²) < 4.78 is 2.84. The number of hydrogen-bond acceptors (Lipinski definition) is 3. The van der Waals surface area contributed by atoms with Crippen LogP contribution in [0.25, 0.3) is 5.82 Å². The van der Waals surface area contributed by atoms with Gasteiger partial charge in [-0.25, -0.2) is 9.97 Å². The zero-order valence-electron chi connectivity index (χ0n) is 10.2. The summed E-state index contributed by atoms with van der Waals surface area (Å²) in [6.07, 6.45) is 1.69. The molecule has 0 amide bonds. The van der Waals surface area contributed by atoms with Crippen molar-refractivity contribution in [2.75, 3.05) is 0 Å². The monoisotopic (exact) mass is 294 g/mol. The van der Waals surface area contributed by atoms with Crippen molar-refractivity contribution in [3.63, 3.8) is 0 Å². The van der Waals surface area contributed by atoms with Gasteiger partial charge in [0.25, 0.3) is 0 Å². The third-order valence-electron chi connectivity index (χ3n) is 2.57. The first kappa shape index (κ1) is 12.2. The average Bonchev–Trinajstić information content (AvgIpc) is 2.76. The Kier molecular flexibility index (Phi) is 3.57. The lowest BCUT2D eigenvalue weighted by molar-refractivity contribution is 0.765. The molecule has 0 N–H and O–H groups in total. The summed E-state index contributed by atoms with van der Waals surface area (Å²) in [4.78, 5) is 8.99. The van der Waals surface area contributed by atoms with Crippen molar-refractivity contribution in [2.24, 2.45) is 0 Å². The minimum Gasteiger partial charge on any atom is -0.233 e. The fraction of sp³-hybridized carbons (Fsp3) is 0.417. The molecule has 0 atom stereocenters. The number of halogens is 1. The smallest absolute Gasteiger partial charge is 0.155 e. The number of aromatic nitrogens is 4. The van der Waals surface area contributed by atoms with Crippen LogP contribution in [0.2, 0.25) is 0 Å². The summed E-state index contributed by atoms with van der Waals surface area (Å²) in [5, 5.41) is 4.47. The van der Waals surface area contributed by atoms with E-state index in [1.165, 1.54) is 0 Å². The molecule has 90 valence electrons. The van der Waals surface area contributed by atoms with Crippen molar-refractivity contribution in [2.45, 2.75) is 33.6 Å². The molecule has 0 radical (unpaired) electrons. The lowest BCUT2D eigenvalue weighted by atomic mass is 10.3. The highest BCUT2D eigenvalue weighted by Gasteiger charge is 2.10. The van der Waals surface area contributed by atoms with Crippen LogP contribution in [-0.2, 0) is 12.8 Å². The van der Waals surface area contributed by atoms with E-state index in [-0.39, 0.29) is 0 Å². The molecule has 2 heterocycles. The predicted octanol–water partition coefficient (Wildman–Crippen LogP) is 2.86. The van der Waals surface area contributed by atoms with Crippen LogP contribution >= 0.6 is 15.9 Å². The summed E-state index contributed by atoms with van der Waals surface area (Å²) in [5.41, 5.74) is 0.957. The van der Waals surface area contributed by atoms with E-state index in [0.717, 1.165) is 40.5 Å². The van der Waals surface area contributed by atoms with Crippen molar-refractivity contribution < 1.29 is 0 Å². The summed E-state index contributed by atoms with van der Waals surface area (Å²) in [6, 6.07) is 3.94. The van der Waals surface area contributed by atoms with E-state index in [4.69, 9.17) is 0 Å². The maximum atomic E-state index is 4.51. The summed E-state index contributed by atoms with van der Waals surface area (Å²) in [7, 11) is 0. The van der Waals surface area contributed by atoms with Crippen LogP contribution in [0, 0.1) is 6.92 Å². The SMILES string of the molecule is CCc1nc(CC)n(-c2ccc(Br)c(C)n2)n1. The van der Waals surface area contributed by atoms with Gasteiger partial charge in [-0.1, -0.05) is 13.8 Å². The van der Waals surface area contributed by atoms with Gasteiger partial charge >= 0.3 is 0 Å². The van der Waals surface area contributed by atoms with Crippen molar-refractivity contribution in [3.05, 3.63) is 33.9 Å². The van der Waals surface area contributed by atoms with Crippen LogP contribution in [0.4, 0.5) is 0 Å². The fourth-order valence-electron chi connectivity index (χ4n) is 1.60. The molecule has 0 fully saturated rings. The first-order valence-electron chi connectivity index (χ1n) is 5.74. The molecule has 0 bridgehead atoms. The Labute approximate surface area is 109 Å². The Hall–Kier alpha value is -1.23. The van der Waals surface area contributed by atoms with E-state index in [9.17, 15) is 0 Å². The van der Waals surface area contributed by atoms with Crippen molar-refractivity contribution in [3.8, 4) is 5.82 Å². The van der Waals surface area contributed by atoms with Gasteiger partial charge in [0.15, 0.2) is 11.6 Å². The summed E-state index contributed by atoms with van der Waals surface area (Å²) in [5.74, 6) is 2.65. The molecular formula is C12H15BrN4. The molecule has 4 nitrogen and oxygen atoms in total. The third-order valence-corrected chi connectivity index (χ3v) is 3.41. The zero-order chi connectivity index (χ0) is 12.4. The van der Waals surface area contributed by atoms with Crippen LogP contribution < -0.4 is 0 Å². The Morgan fingerprint density at radius 1 is 1.18 bits per heavy atom. The van der Waals surface area contributed by atoms with Crippen LogP contribution in [0.5, 0.6) is 0 Å². The standard InChI is InChI=1S/C12H15BrN4/c1-4-10-15-11(5-2)17(16-10)12-7-6-9(13)8(3)14-12/h6-7H,4-5H2,1-3H3. The van der Waals surface area contributed by atoms with Crippen LogP contribution in [0.1, 0.15) is 31.2 Å². The van der Waals surface area contributed by atoms with E-state index < -0.39 is 0 Å². The molecular weight excluding hydrogens is 280 g/mol. The van der Waals surface area contributed by atoms with Crippen molar-refractivity contribution in [1.29, 1.82) is 0 Å². The fourth-order valence-corrected chi connectivity index (χ4v) is 1.82. The minimum absolute atomic E-state index is 0.828. The lowest BCUT2D eigenvalue weighted by Crippen LogP contribution is -2.05. The molecule has 0 spiro atoms. The number of pyridine rings is 1. The second kappa shape index (κ2) is 4.96. The maximum absolute atomic E-state index is 4.51. The van der Waals surface area contributed by atoms with E-state index >= 15 is 0 Å². The third kappa shape index (κ3) is 2.39. The van der Waals surface area contributed by atoms with Gasteiger partial charge in [0.05, 0.1) is 5.69 Å². The molecule has 0 saturated carbocycles. The van der Waals surface area contributed by atoms with E-state index in [2.05, 4.69) is 44.8 Å². The van der Waals surface area contributed by atoms with Crippen LogP contribution in [0.15, 0.2) is 16.6 Å². The molecule has 0 aromatic carbocycles. The minimum atomic E-state index is 0.828. The van der Waals surface area contributed by atoms with Gasteiger partial charge in [-0.15, -0.1) is 5.10 Å². The zero-order valence-corrected chi connectivity index (χ0v) is 11.8. The molecule has 5 heteroatoms.